The lowest BCUT2D eigenvalue weighted by Gasteiger charge is -2.21. The molecular weight excluding hydrogens is 336 g/mol. The zero-order chi connectivity index (χ0) is 19.3. The Bertz CT molecular complexity index is 970. The third-order valence-corrected chi connectivity index (χ3v) is 6.40. The lowest BCUT2D eigenvalue weighted by molar-refractivity contribution is 0.0599. The number of ether oxygens (including phenoxy) is 1. The fraction of sp³-hybridized carbons (Fsp3) is 0.417. The molecule has 0 heterocycles. The minimum Gasteiger partial charge on any atom is -0.465 e. The van der Waals surface area contributed by atoms with Crippen LogP contribution >= 0.6 is 0 Å². The Morgan fingerprint density at radius 3 is 1.96 bits per heavy atom. The van der Waals surface area contributed by atoms with Crippen molar-refractivity contribution in [1.29, 1.82) is 0 Å². The number of esters is 1. The van der Waals surface area contributed by atoms with Crippen LogP contribution < -0.4 is 0 Å². The second kappa shape index (κ2) is 6.33. The van der Waals surface area contributed by atoms with E-state index < -0.39 is 0 Å². The van der Waals surface area contributed by atoms with Crippen molar-refractivity contribution < 1.29 is 14.3 Å². The van der Waals surface area contributed by atoms with Crippen molar-refractivity contribution in [3.8, 4) is 0 Å². The Morgan fingerprint density at radius 2 is 1.44 bits per heavy atom. The molecule has 0 radical (unpaired) electrons. The number of hydrogen-bond donors (Lipinski definition) is 0. The highest BCUT2D eigenvalue weighted by Crippen LogP contribution is 2.48. The summed E-state index contributed by atoms with van der Waals surface area (Å²) >= 11 is 0. The van der Waals surface area contributed by atoms with Crippen molar-refractivity contribution in [2.45, 2.75) is 52.9 Å². The molecule has 2 aliphatic carbocycles. The lowest BCUT2D eigenvalue weighted by atomic mass is 9.82. The Kier molecular flexibility index (Phi) is 4.21. The molecule has 1 spiro atoms. The highest BCUT2D eigenvalue weighted by atomic mass is 16.5. The first-order valence-corrected chi connectivity index (χ1v) is 9.72. The minimum atomic E-state index is -0.243. The van der Waals surface area contributed by atoms with Gasteiger partial charge in [0.1, 0.15) is 0 Å². The van der Waals surface area contributed by atoms with Gasteiger partial charge in [-0.25, -0.2) is 4.79 Å². The average Bonchev–Trinajstić information content (AvgIpc) is 3.15. The van der Waals surface area contributed by atoms with Crippen molar-refractivity contribution in [3.63, 3.8) is 0 Å². The maximum absolute atomic E-state index is 12.2. The van der Waals surface area contributed by atoms with E-state index in [1.807, 2.05) is 6.92 Å². The molecule has 0 bridgehead atoms. The van der Waals surface area contributed by atoms with Crippen molar-refractivity contribution in [1.82, 2.24) is 0 Å². The van der Waals surface area contributed by atoms with Crippen LogP contribution in [0.4, 0.5) is 0 Å². The molecule has 1 unspecified atom stereocenters. The second-order valence-electron chi connectivity index (χ2n) is 8.32. The molecule has 140 valence electrons. The zero-order valence-corrected chi connectivity index (χ0v) is 16.6. The van der Waals surface area contributed by atoms with E-state index in [9.17, 15) is 9.59 Å². The number of ketones is 1. The van der Waals surface area contributed by atoms with Gasteiger partial charge in [0.25, 0.3) is 0 Å². The largest absolute Gasteiger partial charge is 0.465 e. The highest BCUT2D eigenvalue weighted by Gasteiger charge is 2.42. The molecule has 0 saturated carbocycles. The molecule has 4 rings (SSSR count). The molecule has 0 aliphatic heterocycles. The van der Waals surface area contributed by atoms with Gasteiger partial charge in [-0.05, 0) is 96.9 Å². The molecule has 0 amide bonds. The van der Waals surface area contributed by atoms with Crippen LogP contribution in [0.1, 0.15) is 67.9 Å². The molecule has 0 aromatic heterocycles. The number of rotatable bonds is 3. The van der Waals surface area contributed by atoms with E-state index in [0.29, 0.717) is 5.56 Å². The predicted octanol–water partition coefficient (Wildman–Crippen LogP) is 4.43. The normalized spacial score (nSPS) is 19.9. The third-order valence-electron chi connectivity index (χ3n) is 6.40. The molecule has 2 aromatic carbocycles. The zero-order valence-electron chi connectivity index (χ0n) is 16.6. The number of carbonyl (C=O) groups excluding carboxylic acids is 2. The molecule has 0 saturated heterocycles. The van der Waals surface area contributed by atoms with Crippen molar-refractivity contribution in [2.75, 3.05) is 7.11 Å². The molecule has 0 fully saturated rings. The highest BCUT2D eigenvalue weighted by molar-refractivity contribution is 5.96. The van der Waals surface area contributed by atoms with Gasteiger partial charge in [0.15, 0.2) is 5.78 Å². The van der Waals surface area contributed by atoms with Crippen LogP contribution in [-0.4, -0.2) is 18.9 Å². The van der Waals surface area contributed by atoms with Gasteiger partial charge in [0, 0.05) is 5.56 Å². The van der Waals surface area contributed by atoms with Crippen LogP contribution in [0.25, 0.3) is 0 Å². The number of Topliss-reactive ketones (excluding diaryl/α,β-unsaturated/α-hetero) is 1. The van der Waals surface area contributed by atoms with Crippen LogP contribution in [0.15, 0.2) is 24.3 Å². The third kappa shape index (κ3) is 2.90. The molecule has 0 N–H and O–H groups in total. The van der Waals surface area contributed by atoms with Gasteiger partial charge >= 0.3 is 5.97 Å². The molecule has 3 nitrogen and oxygen atoms in total. The van der Waals surface area contributed by atoms with Crippen LogP contribution in [0.3, 0.4) is 0 Å². The number of methoxy groups -OCH3 is 1. The van der Waals surface area contributed by atoms with E-state index in [2.05, 4.69) is 31.2 Å². The minimum absolute atomic E-state index is 0.140. The molecule has 2 aliphatic rings. The van der Waals surface area contributed by atoms with E-state index in [-0.39, 0.29) is 17.2 Å². The number of aryl methyl sites for hydroxylation is 2. The quantitative estimate of drug-likeness (QED) is 0.599. The van der Waals surface area contributed by atoms with E-state index >= 15 is 0 Å². The molecule has 2 aromatic rings. The monoisotopic (exact) mass is 362 g/mol. The summed E-state index contributed by atoms with van der Waals surface area (Å²) in [5.74, 6) is -0.103. The van der Waals surface area contributed by atoms with Crippen molar-refractivity contribution in [3.05, 3.63) is 68.8 Å². The summed E-state index contributed by atoms with van der Waals surface area (Å²) in [5.41, 5.74) is 9.25. The SMILES string of the molecule is CCc1cc2c(cc1C(=O)OC)CC1(Cc3cc(C)c(C(C)=O)cc3C1)C2. The van der Waals surface area contributed by atoms with Crippen molar-refractivity contribution in [2.24, 2.45) is 5.41 Å². The summed E-state index contributed by atoms with van der Waals surface area (Å²) in [6.07, 6.45) is 4.91. The molecular formula is C24H26O3. The second-order valence-corrected chi connectivity index (χ2v) is 8.32. The molecule has 3 heteroatoms. The fourth-order valence-electron chi connectivity index (χ4n) is 5.17. The summed E-state index contributed by atoms with van der Waals surface area (Å²) in [7, 11) is 1.44. The predicted molar refractivity (Wildman–Crippen MR) is 106 cm³/mol. The van der Waals surface area contributed by atoms with E-state index in [1.54, 1.807) is 6.92 Å². The van der Waals surface area contributed by atoms with Crippen molar-refractivity contribution >= 4 is 11.8 Å². The maximum atomic E-state index is 12.2. The Hall–Kier alpha value is -2.42. The van der Waals surface area contributed by atoms with Crippen LogP contribution in [0.5, 0.6) is 0 Å². The Labute approximate surface area is 160 Å². The van der Waals surface area contributed by atoms with E-state index in [0.717, 1.165) is 48.8 Å². The number of benzene rings is 2. The first kappa shape index (κ1) is 18.0. The summed E-state index contributed by atoms with van der Waals surface area (Å²) in [4.78, 5) is 24.1. The van der Waals surface area contributed by atoms with E-state index in [4.69, 9.17) is 4.74 Å². The van der Waals surface area contributed by atoms with Gasteiger partial charge < -0.3 is 4.74 Å². The topological polar surface area (TPSA) is 43.4 Å². The van der Waals surface area contributed by atoms with Gasteiger partial charge in [0.05, 0.1) is 12.7 Å². The molecule has 27 heavy (non-hydrogen) atoms. The smallest absolute Gasteiger partial charge is 0.338 e. The Morgan fingerprint density at radius 1 is 0.926 bits per heavy atom. The summed E-state index contributed by atoms with van der Waals surface area (Å²) < 4.78 is 4.98. The first-order chi connectivity index (χ1) is 12.9. The van der Waals surface area contributed by atoms with E-state index in [1.165, 1.54) is 29.4 Å². The van der Waals surface area contributed by atoms with Gasteiger partial charge in [-0.3, -0.25) is 4.79 Å². The van der Waals surface area contributed by atoms with Gasteiger partial charge in [-0.15, -0.1) is 0 Å². The summed E-state index contributed by atoms with van der Waals surface area (Å²) in [6.45, 7) is 5.75. The number of hydrogen-bond acceptors (Lipinski definition) is 3. The van der Waals surface area contributed by atoms with Gasteiger partial charge in [-0.2, -0.15) is 0 Å². The standard InChI is InChI=1S/C24H26O3/c1-5-16-7-18-11-24(13-20(18)9-22(16)23(26)27-4)10-17-6-14(2)21(15(3)25)8-19(17)12-24/h6-9H,5,10-13H2,1-4H3. The first-order valence-electron chi connectivity index (χ1n) is 9.72. The maximum Gasteiger partial charge on any atom is 0.338 e. The van der Waals surface area contributed by atoms with Crippen LogP contribution in [0, 0.1) is 12.3 Å². The van der Waals surface area contributed by atoms with Gasteiger partial charge in [0.2, 0.25) is 0 Å². The number of fused-ring (bicyclic) bond motifs is 2. The lowest BCUT2D eigenvalue weighted by Crippen LogP contribution is -2.21. The van der Waals surface area contributed by atoms with Crippen LogP contribution in [0.2, 0.25) is 0 Å². The van der Waals surface area contributed by atoms with Crippen LogP contribution in [-0.2, 0) is 36.8 Å². The fourth-order valence-corrected chi connectivity index (χ4v) is 5.17. The van der Waals surface area contributed by atoms with Gasteiger partial charge in [-0.1, -0.05) is 19.1 Å². The summed E-state index contributed by atoms with van der Waals surface area (Å²) in [6, 6.07) is 8.60. The molecule has 1 atom stereocenters. The Balaban J connectivity index is 1.68. The average molecular weight is 362 g/mol. The number of carbonyl (C=O) groups is 2. The summed E-state index contributed by atoms with van der Waals surface area (Å²) in [5, 5.41) is 0.